The van der Waals surface area contributed by atoms with Crippen LogP contribution in [0, 0.1) is 18.8 Å². The van der Waals surface area contributed by atoms with Crippen LogP contribution in [0.25, 0.3) is 11.1 Å². The average Bonchev–Trinajstić information content (AvgIpc) is 2.68. The molecule has 144 valence electrons. The van der Waals surface area contributed by atoms with E-state index in [1.54, 1.807) is 0 Å². The Kier molecular flexibility index (Phi) is 6.43. The molecule has 5 nitrogen and oxygen atoms in total. The first-order valence-corrected chi connectivity index (χ1v) is 9.94. The quantitative estimate of drug-likeness (QED) is 0.844. The van der Waals surface area contributed by atoms with Gasteiger partial charge in [-0.1, -0.05) is 43.7 Å². The number of piperidine rings is 1. The molecule has 1 amide bonds. The third-order valence-corrected chi connectivity index (χ3v) is 5.12. The highest BCUT2D eigenvalue weighted by Crippen LogP contribution is 2.23. The summed E-state index contributed by atoms with van der Waals surface area (Å²) in [6, 6.07) is 8.37. The van der Waals surface area contributed by atoms with Crippen LogP contribution in [0.15, 0.2) is 36.7 Å². The molecule has 1 N–H and O–H groups in total. The zero-order valence-electron chi connectivity index (χ0n) is 16.6. The molecule has 1 aromatic carbocycles. The highest BCUT2D eigenvalue weighted by atomic mass is 16.1. The molecule has 2 heterocycles. The highest BCUT2D eigenvalue weighted by Gasteiger charge is 2.26. The molecule has 1 aromatic heterocycles. The lowest BCUT2D eigenvalue weighted by atomic mass is 9.97. The second-order valence-corrected chi connectivity index (χ2v) is 7.90. The second kappa shape index (κ2) is 8.98. The van der Waals surface area contributed by atoms with Gasteiger partial charge in [0, 0.05) is 37.6 Å². The van der Waals surface area contributed by atoms with Gasteiger partial charge in [0.25, 0.3) is 0 Å². The van der Waals surface area contributed by atoms with E-state index in [0.29, 0.717) is 18.4 Å². The molecule has 1 atom stereocenters. The van der Waals surface area contributed by atoms with E-state index in [0.717, 1.165) is 43.5 Å². The fraction of sp³-hybridized carbons (Fsp3) is 0.500. The van der Waals surface area contributed by atoms with Crippen molar-refractivity contribution in [3.05, 3.63) is 42.2 Å². The van der Waals surface area contributed by atoms with Gasteiger partial charge in [-0.15, -0.1) is 0 Å². The molecule has 1 aliphatic heterocycles. The summed E-state index contributed by atoms with van der Waals surface area (Å²) in [4.78, 5) is 23.7. The summed E-state index contributed by atoms with van der Waals surface area (Å²) < 4.78 is 0. The van der Waals surface area contributed by atoms with E-state index in [2.05, 4.69) is 65.2 Å². The van der Waals surface area contributed by atoms with Crippen molar-refractivity contribution in [2.24, 2.45) is 11.8 Å². The normalized spacial score (nSPS) is 17.2. The van der Waals surface area contributed by atoms with Crippen molar-refractivity contribution >= 4 is 11.9 Å². The predicted molar refractivity (Wildman–Crippen MR) is 110 cm³/mol. The lowest BCUT2D eigenvalue weighted by Gasteiger charge is -2.32. The van der Waals surface area contributed by atoms with Gasteiger partial charge < -0.3 is 10.2 Å². The van der Waals surface area contributed by atoms with Gasteiger partial charge in [0.1, 0.15) is 0 Å². The van der Waals surface area contributed by atoms with Gasteiger partial charge in [-0.3, -0.25) is 4.79 Å². The molecule has 2 aromatic rings. The SMILES string of the molecule is Cc1ccc(-c2cnc(N3CCC[C@H](C(=O)NCCC(C)C)C3)nc2)cc1. The number of carbonyl (C=O) groups excluding carboxylic acids is 1. The monoisotopic (exact) mass is 366 g/mol. The van der Waals surface area contributed by atoms with Gasteiger partial charge in [-0.2, -0.15) is 0 Å². The molecule has 1 aliphatic rings. The summed E-state index contributed by atoms with van der Waals surface area (Å²) in [6.07, 6.45) is 6.70. The minimum absolute atomic E-state index is 0.0197. The molecular weight excluding hydrogens is 336 g/mol. The van der Waals surface area contributed by atoms with E-state index in [9.17, 15) is 4.79 Å². The van der Waals surface area contributed by atoms with Crippen LogP contribution in [-0.4, -0.2) is 35.5 Å². The van der Waals surface area contributed by atoms with Crippen molar-refractivity contribution < 1.29 is 4.79 Å². The smallest absolute Gasteiger partial charge is 0.225 e. The lowest BCUT2D eigenvalue weighted by Crippen LogP contribution is -2.44. The Bertz CT molecular complexity index is 740. The largest absolute Gasteiger partial charge is 0.356 e. The number of nitrogens with one attached hydrogen (secondary N) is 1. The van der Waals surface area contributed by atoms with E-state index < -0.39 is 0 Å². The maximum atomic E-state index is 12.4. The predicted octanol–water partition coefficient (Wildman–Crippen LogP) is 3.83. The fourth-order valence-corrected chi connectivity index (χ4v) is 3.38. The van der Waals surface area contributed by atoms with Gasteiger partial charge in [0.2, 0.25) is 11.9 Å². The Morgan fingerprint density at radius 3 is 2.56 bits per heavy atom. The standard InChI is InChI=1S/C22H30N4O/c1-16(2)10-11-23-21(27)19-5-4-12-26(15-19)22-24-13-20(14-25-22)18-8-6-17(3)7-9-18/h6-9,13-14,16,19H,4-5,10-12,15H2,1-3H3,(H,23,27)/t19-/m0/s1. The first-order chi connectivity index (χ1) is 13.0. The zero-order valence-corrected chi connectivity index (χ0v) is 16.6. The third kappa shape index (κ3) is 5.28. The van der Waals surface area contributed by atoms with E-state index >= 15 is 0 Å². The van der Waals surface area contributed by atoms with E-state index in [4.69, 9.17) is 0 Å². The molecule has 0 bridgehead atoms. The molecule has 0 spiro atoms. The fourth-order valence-electron chi connectivity index (χ4n) is 3.38. The molecule has 0 saturated carbocycles. The summed E-state index contributed by atoms with van der Waals surface area (Å²) in [6.45, 7) is 8.78. The van der Waals surface area contributed by atoms with Crippen molar-refractivity contribution in [1.82, 2.24) is 15.3 Å². The average molecular weight is 367 g/mol. The maximum Gasteiger partial charge on any atom is 0.225 e. The molecule has 0 aliphatic carbocycles. The number of aromatic nitrogens is 2. The Morgan fingerprint density at radius 1 is 1.19 bits per heavy atom. The molecule has 27 heavy (non-hydrogen) atoms. The Balaban J connectivity index is 1.60. The summed E-state index contributed by atoms with van der Waals surface area (Å²) >= 11 is 0. The van der Waals surface area contributed by atoms with Crippen LogP contribution in [-0.2, 0) is 4.79 Å². The Hall–Kier alpha value is -2.43. The third-order valence-electron chi connectivity index (χ3n) is 5.12. The number of anilines is 1. The van der Waals surface area contributed by atoms with Gasteiger partial charge in [-0.05, 0) is 37.7 Å². The number of hydrogen-bond acceptors (Lipinski definition) is 4. The van der Waals surface area contributed by atoms with Crippen LogP contribution in [0.1, 0.15) is 38.7 Å². The molecule has 0 radical (unpaired) electrons. The first kappa shape index (κ1) is 19.3. The van der Waals surface area contributed by atoms with Crippen LogP contribution in [0.2, 0.25) is 0 Å². The van der Waals surface area contributed by atoms with Crippen molar-refractivity contribution in [2.45, 2.75) is 40.0 Å². The summed E-state index contributed by atoms with van der Waals surface area (Å²) in [5.74, 6) is 1.50. The summed E-state index contributed by atoms with van der Waals surface area (Å²) in [5.41, 5.74) is 3.37. The van der Waals surface area contributed by atoms with Crippen molar-refractivity contribution in [2.75, 3.05) is 24.5 Å². The van der Waals surface area contributed by atoms with Crippen molar-refractivity contribution in [3.63, 3.8) is 0 Å². The minimum atomic E-state index is 0.0197. The number of amides is 1. The van der Waals surface area contributed by atoms with Crippen LogP contribution in [0.5, 0.6) is 0 Å². The van der Waals surface area contributed by atoms with Gasteiger partial charge in [0.05, 0.1) is 5.92 Å². The van der Waals surface area contributed by atoms with Crippen LogP contribution in [0.4, 0.5) is 5.95 Å². The molecule has 3 rings (SSSR count). The van der Waals surface area contributed by atoms with Crippen LogP contribution >= 0.6 is 0 Å². The summed E-state index contributed by atoms with van der Waals surface area (Å²) in [7, 11) is 0. The number of hydrogen-bond donors (Lipinski definition) is 1. The Morgan fingerprint density at radius 2 is 1.89 bits per heavy atom. The van der Waals surface area contributed by atoms with E-state index in [1.165, 1.54) is 5.56 Å². The van der Waals surface area contributed by atoms with E-state index in [-0.39, 0.29) is 11.8 Å². The van der Waals surface area contributed by atoms with Crippen molar-refractivity contribution in [1.29, 1.82) is 0 Å². The molecule has 5 heteroatoms. The number of rotatable bonds is 6. The highest BCUT2D eigenvalue weighted by molar-refractivity contribution is 5.79. The van der Waals surface area contributed by atoms with Crippen LogP contribution in [0.3, 0.4) is 0 Å². The first-order valence-electron chi connectivity index (χ1n) is 9.94. The number of benzene rings is 1. The maximum absolute atomic E-state index is 12.4. The second-order valence-electron chi connectivity index (χ2n) is 7.90. The topological polar surface area (TPSA) is 58.1 Å². The van der Waals surface area contributed by atoms with Gasteiger partial charge >= 0.3 is 0 Å². The molecule has 0 unspecified atom stereocenters. The zero-order chi connectivity index (χ0) is 19.2. The van der Waals surface area contributed by atoms with Gasteiger partial charge in [0.15, 0.2) is 0 Å². The lowest BCUT2D eigenvalue weighted by molar-refractivity contribution is -0.125. The van der Waals surface area contributed by atoms with Gasteiger partial charge in [-0.25, -0.2) is 9.97 Å². The Labute approximate surface area is 162 Å². The van der Waals surface area contributed by atoms with Crippen molar-refractivity contribution in [3.8, 4) is 11.1 Å². The molecular formula is C22H30N4O. The molecule has 1 fully saturated rings. The number of nitrogens with zero attached hydrogens (tertiary/aromatic N) is 3. The number of aryl methyl sites for hydroxylation is 1. The summed E-state index contributed by atoms with van der Waals surface area (Å²) in [5, 5.41) is 3.08. The minimum Gasteiger partial charge on any atom is -0.356 e. The number of carbonyl (C=O) groups is 1. The van der Waals surface area contributed by atoms with E-state index in [1.807, 2.05) is 12.4 Å². The molecule has 1 saturated heterocycles. The van der Waals surface area contributed by atoms with Crippen LogP contribution < -0.4 is 10.2 Å².